The zero-order chi connectivity index (χ0) is 21.1. The number of ether oxygens (including phenoxy) is 2. The molecule has 0 amide bonds. The third kappa shape index (κ3) is 8.47. The molecule has 2 heterocycles. The number of alkyl halides is 1. The lowest BCUT2D eigenvalue weighted by molar-refractivity contribution is 0.277. The maximum Gasteiger partial charge on any atom is 0.214 e. The summed E-state index contributed by atoms with van der Waals surface area (Å²) in [7, 11) is 3.21. The molecule has 8 heteroatoms. The van der Waals surface area contributed by atoms with Gasteiger partial charge in [0.05, 0.1) is 26.7 Å². The number of nitrogens with zero attached hydrogens (tertiary/aromatic N) is 2. The summed E-state index contributed by atoms with van der Waals surface area (Å²) < 4.78 is 10.1. The van der Waals surface area contributed by atoms with Crippen LogP contribution in [0.3, 0.4) is 0 Å². The number of hydrogen-bond donors (Lipinski definition) is 1. The number of aliphatic hydroxyl groups is 1. The molecular formula is C20H29ClN2O3S2. The Hall–Kier alpha value is -1.15. The standard InChI is InChI=1S/C10H14ClNOS.C10H15NO2S/c1-7(2)14-10-8(6-11)4-5-9(12-10)13-3;1-7(2)14-10-8(6-12)4-5-9(11-10)13-3/h4-5,7H,6H2,1-3H3;4-5,7,12H,6H2,1-3H3. The molecule has 2 aromatic heterocycles. The summed E-state index contributed by atoms with van der Waals surface area (Å²) >= 11 is 9.15. The summed E-state index contributed by atoms with van der Waals surface area (Å²) in [5.41, 5.74) is 1.91. The second-order valence-corrected chi connectivity index (χ2v) is 9.66. The summed E-state index contributed by atoms with van der Waals surface area (Å²) in [6.07, 6.45) is 0. The van der Waals surface area contributed by atoms with Crippen LogP contribution in [0.25, 0.3) is 0 Å². The summed E-state index contributed by atoms with van der Waals surface area (Å²) in [4.78, 5) is 8.64. The molecule has 5 nitrogen and oxygen atoms in total. The molecule has 0 spiro atoms. The molecule has 156 valence electrons. The normalized spacial score (nSPS) is 10.6. The van der Waals surface area contributed by atoms with Gasteiger partial charge in [0, 0.05) is 28.2 Å². The maximum atomic E-state index is 9.10. The average Bonchev–Trinajstić information content (AvgIpc) is 2.67. The molecular weight excluding hydrogens is 416 g/mol. The molecule has 0 radical (unpaired) electrons. The summed E-state index contributed by atoms with van der Waals surface area (Å²) in [5, 5.41) is 11.9. The molecule has 0 aliphatic rings. The Morgan fingerprint density at radius 2 is 1.29 bits per heavy atom. The topological polar surface area (TPSA) is 64.5 Å². The van der Waals surface area contributed by atoms with Gasteiger partial charge in [-0.05, 0) is 17.7 Å². The fourth-order valence-corrected chi connectivity index (χ4v) is 4.05. The van der Waals surface area contributed by atoms with Gasteiger partial charge in [0.1, 0.15) is 10.1 Å². The van der Waals surface area contributed by atoms with E-state index in [1.807, 2.05) is 18.2 Å². The smallest absolute Gasteiger partial charge is 0.214 e. The number of hydrogen-bond acceptors (Lipinski definition) is 7. The van der Waals surface area contributed by atoms with E-state index in [0.29, 0.717) is 28.1 Å². The van der Waals surface area contributed by atoms with Gasteiger partial charge in [-0.1, -0.05) is 27.7 Å². The highest BCUT2D eigenvalue weighted by molar-refractivity contribution is 8.00. The first kappa shape index (κ1) is 24.9. The quantitative estimate of drug-likeness (QED) is 0.431. The maximum absolute atomic E-state index is 9.10. The Balaban J connectivity index is 0.000000280. The number of aromatic nitrogens is 2. The summed E-state index contributed by atoms with van der Waals surface area (Å²) in [5.74, 6) is 1.72. The lowest BCUT2D eigenvalue weighted by Crippen LogP contribution is -1.97. The lowest BCUT2D eigenvalue weighted by Gasteiger charge is -2.09. The van der Waals surface area contributed by atoms with Gasteiger partial charge in [-0.25, -0.2) is 9.97 Å². The first-order chi connectivity index (χ1) is 13.3. The molecule has 0 aromatic carbocycles. The molecule has 0 aliphatic heterocycles. The van der Waals surface area contributed by atoms with Gasteiger partial charge in [0.15, 0.2) is 0 Å². The number of rotatable bonds is 8. The van der Waals surface area contributed by atoms with E-state index >= 15 is 0 Å². The molecule has 0 saturated heterocycles. The van der Waals surface area contributed by atoms with E-state index in [4.69, 9.17) is 26.2 Å². The van der Waals surface area contributed by atoms with E-state index in [1.165, 1.54) is 0 Å². The van der Waals surface area contributed by atoms with Crippen LogP contribution < -0.4 is 9.47 Å². The van der Waals surface area contributed by atoms with Gasteiger partial charge in [0.25, 0.3) is 0 Å². The van der Waals surface area contributed by atoms with Crippen LogP contribution >= 0.6 is 35.1 Å². The molecule has 2 aromatic rings. The Morgan fingerprint density at radius 3 is 1.64 bits per heavy atom. The number of methoxy groups -OCH3 is 2. The monoisotopic (exact) mass is 444 g/mol. The predicted octanol–water partition coefficient (Wildman–Crippen LogP) is 5.41. The van der Waals surface area contributed by atoms with Crippen molar-refractivity contribution in [3.63, 3.8) is 0 Å². The van der Waals surface area contributed by atoms with Gasteiger partial charge >= 0.3 is 0 Å². The van der Waals surface area contributed by atoms with Crippen molar-refractivity contribution >= 4 is 35.1 Å². The van der Waals surface area contributed by atoms with E-state index < -0.39 is 0 Å². The largest absolute Gasteiger partial charge is 0.481 e. The molecule has 1 N–H and O–H groups in total. The minimum atomic E-state index is 0.0199. The second kappa shape index (κ2) is 13.1. The third-order valence-electron chi connectivity index (χ3n) is 3.25. The molecule has 28 heavy (non-hydrogen) atoms. The van der Waals surface area contributed by atoms with Crippen molar-refractivity contribution in [2.45, 2.75) is 60.7 Å². The van der Waals surface area contributed by atoms with Crippen LogP contribution in [0.2, 0.25) is 0 Å². The minimum absolute atomic E-state index is 0.0199. The van der Waals surface area contributed by atoms with Crippen molar-refractivity contribution in [1.29, 1.82) is 0 Å². The van der Waals surface area contributed by atoms with Crippen molar-refractivity contribution in [3.8, 4) is 11.8 Å². The van der Waals surface area contributed by atoms with E-state index in [1.54, 1.807) is 43.8 Å². The van der Waals surface area contributed by atoms with E-state index in [-0.39, 0.29) is 6.61 Å². The molecule has 0 atom stereocenters. The van der Waals surface area contributed by atoms with E-state index in [2.05, 4.69) is 37.7 Å². The van der Waals surface area contributed by atoms with E-state index in [9.17, 15) is 0 Å². The lowest BCUT2D eigenvalue weighted by atomic mass is 10.3. The number of aliphatic hydroxyl groups excluding tert-OH is 1. The van der Waals surface area contributed by atoms with Gasteiger partial charge in [0.2, 0.25) is 11.8 Å². The predicted molar refractivity (Wildman–Crippen MR) is 119 cm³/mol. The molecule has 0 unspecified atom stereocenters. The second-order valence-electron chi connectivity index (χ2n) is 6.26. The van der Waals surface area contributed by atoms with Gasteiger partial charge < -0.3 is 14.6 Å². The first-order valence-electron chi connectivity index (χ1n) is 8.92. The average molecular weight is 445 g/mol. The Kier molecular flexibility index (Phi) is 11.7. The van der Waals surface area contributed by atoms with Crippen molar-refractivity contribution in [1.82, 2.24) is 9.97 Å². The molecule has 0 fully saturated rings. The fourth-order valence-electron chi connectivity index (χ4n) is 2.00. The highest BCUT2D eigenvalue weighted by Gasteiger charge is 2.09. The molecule has 0 bridgehead atoms. The Labute approximate surface area is 181 Å². The fraction of sp³-hybridized carbons (Fsp3) is 0.500. The highest BCUT2D eigenvalue weighted by Crippen LogP contribution is 2.28. The Bertz CT molecular complexity index is 669. The van der Waals surface area contributed by atoms with Gasteiger partial charge in [-0.15, -0.1) is 35.1 Å². The van der Waals surface area contributed by atoms with Gasteiger partial charge in [-0.2, -0.15) is 0 Å². The van der Waals surface area contributed by atoms with E-state index in [0.717, 1.165) is 21.2 Å². The zero-order valence-electron chi connectivity index (χ0n) is 17.2. The third-order valence-corrected chi connectivity index (χ3v) is 5.64. The number of thioether (sulfide) groups is 2. The minimum Gasteiger partial charge on any atom is -0.481 e. The van der Waals surface area contributed by atoms with Crippen LogP contribution in [0, 0.1) is 0 Å². The van der Waals surface area contributed by atoms with Crippen molar-refractivity contribution < 1.29 is 14.6 Å². The highest BCUT2D eigenvalue weighted by atomic mass is 35.5. The Morgan fingerprint density at radius 1 is 0.857 bits per heavy atom. The zero-order valence-corrected chi connectivity index (χ0v) is 19.6. The van der Waals surface area contributed by atoms with Crippen LogP contribution in [0.1, 0.15) is 38.8 Å². The number of pyridine rings is 2. The van der Waals surface area contributed by atoms with Crippen molar-refractivity contribution in [3.05, 3.63) is 35.4 Å². The van der Waals surface area contributed by atoms with Crippen LogP contribution in [0.15, 0.2) is 34.3 Å². The summed E-state index contributed by atoms with van der Waals surface area (Å²) in [6, 6.07) is 7.40. The van der Waals surface area contributed by atoms with Crippen molar-refractivity contribution in [2.24, 2.45) is 0 Å². The van der Waals surface area contributed by atoms with Gasteiger partial charge in [-0.3, -0.25) is 0 Å². The number of halogens is 1. The molecule has 0 aliphatic carbocycles. The van der Waals surface area contributed by atoms with Crippen LogP contribution in [0.4, 0.5) is 0 Å². The van der Waals surface area contributed by atoms with Crippen LogP contribution in [-0.2, 0) is 12.5 Å². The van der Waals surface area contributed by atoms with Crippen molar-refractivity contribution in [2.75, 3.05) is 14.2 Å². The van der Waals surface area contributed by atoms with Crippen LogP contribution in [0.5, 0.6) is 11.8 Å². The first-order valence-corrected chi connectivity index (χ1v) is 11.2. The SMILES string of the molecule is COc1ccc(CCl)c(SC(C)C)n1.COc1ccc(CO)c(SC(C)C)n1. The summed E-state index contributed by atoms with van der Waals surface area (Å²) in [6.45, 7) is 8.46. The van der Waals surface area contributed by atoms with Crippen LogP contribution in [-0.4, -0.2) is 39.8 Å². The molecule has 2 rings (SSSR count). The molecule has 0 saturated carbocycles.